The normalized spacial score (nSPS) is 12.1. The zero-order chi connectivity index (χ0) is 15.7. The first-order chi connectivity index (χ1) is 10.0. The smallest absolute Gasteiger partial charge is 0.311 e. The molecule has 7 heteroatoms. The van der Waals surface area contributed by atoms with Crippen molar-refractivity contribution in [2.24, 2.45) is 0 Å². The van der Waals surface area contributed by atoms with Crippen molar-refractivity contribution in [3.63, 3.8) is 0 Å². The summed E-state index contributed by atoms with van der Waals surface area (Å²) in [6.45, 7) is 3.67. The number of hydrogen-bond donors (Lipinski definition) is 2. The predicted molar refractivity (Wildman–Crippen MR) is 78.5 cm³/mol. The molecule has 0 aliphatic heterocycles. The highest BCUT2D eigenvalue weighted by Gasteiger charge is 2.16. The second-order valence-corrected chi connectivity index (χ2v) is 4.71. The first-order valence-corrected chi connectivity index (χ1v) is 6.82. The zero-order valence-electron chi connectivity index (χ0n) is 12.4. The maximum atomic E-state index is 11.1. The number of nitrogens with one attached hydrogen (secondary N) is 1. The highest BCUT2D eigenvalue weighted by atomic mass is 16.6. The molecule has 0 radical (unpaired) electrons. The average molecular weight is 298 g/mol. The number of ether oxygens (including phenoxy) is 2. The second-order valence-electron chi connectivity index (χ2n) is 4.71. The van der Waals surface area contributed by atoms with Crippen LogP contribution in [0.1, 0.15) is 18.9 Å². The molecule has 1 atom stereocenters. The van der Waals surface area contributed by atoms with Crippen LogP contribution >= 0.6 is 0 Å². The minimum Gasteiger partial charge on any atom is -0.487 e. The summed E-state index contributed by atoms with van der Waals surface area (Å²) >= 11 is 0. The summed E-state index contributed by atoms with van der Waals surface area (Å²) in [5.74, 6) is 0.223. The molecule has 2 N–H and O–H groups in total. The number of nitro groups is 1. The van der Waals surface area contributed by atoms with E-state index in [1.165, 1.54) is 6.07 Å². The van der Waals surface area contributed by atoms with Gasteiger partial charge in [-0.25, -0.2) is 0 Å². The molecule has 0 spiro atoms. The van der Waals surface area contributed by atoms with Crippen molar-refractivity contribution in [1.82, 2.24) is 5.32 Å². The number of hydrogen-bond acceptors (Lipinski definition) is 6. The Kier molecular flexibility index (Phi) is 7.66. The number of methoxy groups -OCH3 is 1. The predicted octanol–water partition coefficient (Wildman–Crippen LogP) is 1.48. The molecule has 0 heterocycles. The van der Waals surface area contributed by atoms with E-state index in [1.807, 2.05) is 0 Å². The fourth-order valence-electron chi connectivity index (χ4n) is 1.68. The summed E-state index contributed by atoms with van der Waals surface area (Å²) in [4.78, 5) is 10.6. The standard InChI is InChI=1S/C14H22N2O5/c1-11(17)5-7-21-14-4-3-12(9-13(14)16(18)19)10-15-6-8-20-2/h3-4,9,11,15,17H,5-8,10H2,1-2H3. The Morgan fingerprint density at radius 3 is 2.81 bits per heavy atom. The molecule has 21 heavy (non-hydrogen) atoms. The molecule has 0 aliphatic rings. The van der Waals surface area contributed by atoms with Gasteiger partial charge in [0.1, 0.15) is 0 Å². The van der Waals surface area contributed by atoms with Crippen molar-refractivity contribution >= 4 is 5.69 Å². The topological polar surface area (TPSA) is 93.9 Å². The molecule has 0 saturated heterocycles. The van der Waals surface area contributed by atoms with Crippen molar-refractivity contribution < 1.29 is 19.5 Å². The van der Waals surface area contributed by atoms with Crippen molar-refractivity contribution in [2.45, 2.75) is 26.0 Å². The number of benzene rings is 1. The Labute approximate surface area is 124 Å². The van der Waals surface area contributed by atoms with Crippen LogP contribution in [0.4, 0.5) is 5.69 Å². The minimum absolute atomic E-state index is 0.0633. The third-order valence-electron chi connectivity index (χ3n) is 2.83. The molecular weight excluding hydrogens is 276 g/mol. The Morgan fingerprint density at radius 2 is 2.19 bits per heavy atom. The lowest BCUT2D eigenvalue weighted by Gasteiger charge is -2.10. The first kappa shape index (κ1) is 17.4. The van der Waals surface area contributed by atoms with Crippen LogP contribution in [0, 0.1) is 10.1 Å². The van der Waals surface area contributed by atoms with E-state index < -0.39 is 11.0 Å². The summed E-state index contributed by atoms with van der Waals surface area (Å²) in [6.07, 6.45) is -0.0642. The minimum atomic E-state index is -0.492. The molecule has 1 rings (SSSR count). The fourth-order valence-corrected chi connectivity index (χ4v) is 1.68. The Morgan fingerprint density at radius 1 is 1.43 bits per heavy atom. The Hall–Kier alpha value is -1.70. The molecule has 1 aromatic rings. The largest absolute Gasteiger partial charge is 0.487 e. The maximum Gasteiger partial charge on any atom is 0.311 e. The fraction of sp³-hybridized carbons (Fsp3) is 0.571. The lowest BCUT2D eigenvalue weighted by Crippen LogP contribution is -2.18. The first-order valence-electron chi connectivity index (χ1n) is 6.82. The van der Waals surface area contributed by atoms with Crippen LogP contribution in [0.25, 0.3) is 0 Å². The van der Waals surface area contributed by atoms with E-state index in [0.29, 0.717) is 26.1 Å². The Bertz CT molecular complexity index is 451. The summed E-state index contributed by atoms with van der Waals surface area (Å²) in [5, 5.41) is 23.4. The van der Waals surface area contributed by atoms with Gasteiger partial charge in [-0.1, -0.05) is 6.07 Å². The van der Waals surface area contributed by atoms with Gasteiger partial charge >= 0.3 is 5.69 Å². The van der Waals surface area contributed by atoms with Crippen molar-refractivity contribution in [3.05, 3.63) is 33.9 Å². The van der Waals surface area contributed by atoms with E-state index >= 15 is 0 Å². The van der Waals surface area contributed by atoms with Gasteiger partial charge in [-0.05, 0) is 18.6 Å². The molecule has 0 aliphatic carbocycles. The molecule has 0 saturated carbocycles. The highest BCUT2D eigenvalue weighted by Crippen LogP contribution is 2.28. The van der Waals surface area contributed by atoms with Crippen molar-refractivity contribution in [2.75, 3.05) is 26.9 Å². The highest BCUT2D eigenvalue weighted by molar-refractivity contribution is 5.48. The number of aliphatic hydroxyl groups is 1. The number of nitrogens with zero attached hydrogens (tertiary/aromatic N) is 1. The molecule has 7 nitrogen and oxygen atoms in total. The molecule has 1 unspecified atom stereocenters. The molecular formula is C14H22N2O5. The van der Waals surface area contributed by atoms with Crippen LogP contribution < -0.4 is 10.1 Å². The molecule has 118 valence electrons. The van der Waals surface area contributed by atoms with Gasteiger partial charge in [0.2, 0.25) is 0 Å². The van der Waals surface area contributed by atoms with Gasteiger partial charge in [-0.2, -0.15) is 0 Å². The average Bonchev–Trinajstić information content (AvgIpc) is 2.44. The van der Waals surface area contributed by atoms with Crippen LogP contribution in [-0.4, -0.2) is 43.0 Å². The summed E-state index contributed by atoms with van der Waals surface area (Å²) in [6, 6.07) is 4.87. The molecule has 0 fully saturated rings. The van der Waals surface area contributed by atoms with Crippen LogP contribution in [0.2, 0.25) is 0 Å². The van der Waals surface area contributed by atoms with E-state index in [1.54, 1.807) is 26.2 Å². The molecule has 1 aromatic carbocycles. The molecule has 0 amide bonds. The Balaban J connectivity index is 2.65. The third-order valence-corrected chi connectivity index (χ3v) is 2.83. The quantitative estimate of drug-likeness (QED) is 0.386. The van der Waals surface area contributed by atoms with Crippen molar-refractivity contribution in [1.29, 1.82) is 0 Å². The monoisotopic (exact) mass is 298 g/mol. The van der Waals surface area contributed by atoms with Crippen LogP contribution in [0.3, 0.4) is 0 Å². The third kappa shape index (κ3) is 6.52. The van der Waals surface area contributed by atoms with E-state index in [4.69, 9.17) is 14.6 Å². The lowest BCUT2D eigenvalue weighted by atomic mass is 10.2. The SMILES string of the molecule is COCCNCc1ccc(OCCC(C)O)c([N+](=O)[O-])c1. The maximum absolute atomic E-state index is 11.1. The van der Waals surface area contributed by atoms with Crippen LogP contribution in [0.15, 0.2) is 18.2 Å². The zero-order valence-corrected chi connectivity index (χ0v) is 12.4. The van der Waals surface area contributed by atoms with E-state index in [0.717, 1.165) is 5.56 Å². The van der Waals surface area contributed by atoms with Gasteiger partial charge in [0.05, 0.1) is 24.2 Å². The number of rotatable bonds is 10. The van der Waals surface area contributed by atoms with E-state index in [-0.39, 0.29) is 18.0 Å². The van der Waals surface area contributed by atoms with Crippen molar-refractivity contribution in [3.8, 4) is 5.75 Å². The molecule has 0 bridgehead atoms. The molecule has 0 aromatic heterocycles. The summed E-state index contributed by atoms with van der Waals surface area (Å²) in [5.41, 5.74) is 0.743. The second kappa shape index (κ2) is 9.28. The summed E-state index contributed by atoms with van der Waals surface area (Å²) < 4.78 is 10.3. The van der Waals surface area contributed by atoms with E-state index in [9.17, 15) is 10.1 Å². The van der Waals surface area contributed by atoms with Crippen LogP contribution in [0.5, 0.6) is 5.75 Å². The van der Waals surface area contributed by atoms with Gasteiger partial charge in [-0.3, -0.25) is 10.1 Å². The summed E-state index contributed by atoms with van der Waals surface area (Å²) in [7, 11) is 1.62. The van der Waals surface area contributed by atoms with Gasteiger partial charge in [-0.15, -0.1) is 0 Å². The van der Waals surface area contributed by atoms with Crippen LogP contribution in [-0.2, 0) is 11.3 Å². The van der Waals surface area contributed by atoms with Gasteiger partial charge in [0.15, 0.2) is 5.75 Å². The van der Waals surface area contributed by atoms with E-state index in [2.05, 4.69) is 5.32 Å². The van der Waals surface area contributed by atoms with Gasteiger partial charge in [0.25, 0.3) is 0 Å². The number of aliphatic hydroxyl groups excluding tert-OH is 1. The lowest BCUT2D eigenvalue weighted by molar-refractivity contribution is -0.385. The number of nitro benzene ring substituents is 1. The van der Waals surface area contributed by atoms with Gasteiger partial charge in [0, 0.05) is 32.7 Å². The van der Waals surface area contributed by atoms with Gasteiger partial charge < -0.3 is 19.9 Å².